The van der Waals surface area contributed by atoms with Gasteiger partial charge in [-0.25, -0.2) is 9.48 Å². The van der Waals surface area contributed by atoms with Gasteiger partial charge in [0.25, 0.3) is 0 Å². The number of likely N-dealkylation sites (tertiary alicyclic amines) is 1. The third kappa shape index (κ3) is 3.99. The van der Waals surface area contributed by atoms with Crippen molar-refractivity contribution in [3.8, 4) is 11.5 Å². The fourth-order valence-electron chi connectivity index (χ4n) is 4.04. The second-order valence-corrected chi connectivity index (χ2v) is 7.91. The molecule has 1 aromatic carbocycles. The minimum absolute atomic E-state index is 0.0103. The van der Waals surface area contributed by atoms with E-state index in [9.17, 15) is 9.59 Å². The lowest BCUT2D eigenvalue weighted by Crippen LogP contribution is -2.37. The van der Waals surface area contributed by atoms with Crippen molar-refractivity contribution in [3.63, 3.8) is 0 Å². The number of hydrogen-bond acceptors (Lipinski definition) is 5. The molecule has 0 unspecified atom stereocenters. The summed E-state index contributed by atoms with van der Waals surface area (Å²) in [6.45, 7) is 1.32. The van der Waals surface area contributed by atoms with Crippen molar-refractivity contribution >= 4 is 12.0 Å². The van der Waals surface area contributed by atoms with Crippen LogP contribution in [0.2, 0.25) is 0 Å². The van der Waals surface area contributed by atoms with E-state index in [1.807, 2.05) is 27.7 Å². The molecule has 4 rings (SSSR count). The third-order valence-electron chi connectivity index (χ3n) is 5.89. The zero-order valence-corrected chi connectivity index (χ0v) is 17.7. The van der Waals surface area contributed by atoms with Crippen LogP contribution in [0.15, 0.2) is 29.1 Å². The summed E-state index contributed by atoms with van der Waals surface area (Å²) in [5.74, 6) is 2.38. The van der Waals surface area contributed by atoms with E-state index >= 15 is 0 Å². The van der Waals surface area contributed by atoms with Crippen LogP contribution in [0.25, 0.3) is 6.08 Å². The number of nitrogens with zero attached hydrogens (tertiary/aromatic N) is 4. The van der Waals surface area contributed by atoms with Crippen LogP contribution in [0.5, 0.6) is 11.5 Å². The predicted octanol–water partition coefficient (Wildman–Crippen LogP) is 2.35. The summed E-state index contributed by atoms with van der Waals surface area (Å²) in [4.78, 5) is 26.9. The number of aromatic nitrogens is 3. The predicted molar refractivity (Wildman–Crippen MR) is 113 cm³/mol. The van der Waals surface area contributed by atoms with Crippen molar-refractivity contribution in [2.45, 2.75) is 37.6 Å². The van der Waals surface area contributed by atoms with Gasteiger partial charge in [-0.3, -0.25) is 9.36 Å². The number of piperidine rings is 1. The van der Waals surface area contributed by atoms with Gasteiger partial charge < -0.3 is 14.4 Å². The molecule has 2 heterocycles. The van der Waals surface area contributed by atoms with Gasteiger partial charge in [-0.05, 0) is 49.5 Å². The van der Waals surface area contributed by atoms with Crippen LogP contribution in [0.4, 0.5) is 0 Å². The van der Waals surface area contributed by atoms with E-state index in [0.717, 1.165) is 37.1 Å². The zero-order chi connectivity index (χ0) is 21.3. The maximum Gasteiger partial charge on any atom is 0.345 e. The first-order valence-corrected chi connectivity index (χ1v) is 10.4. The van der Waals surface area contributed by atoms with Gasteiger partial charge in [-0.2, -0.15) is 5.10 Å². The molecule has 1 saturated carbocycles. The van der Waals surface area contributed by atoms with Gasteiger partial charge in [-0.15, -0.1) is 0 Å². The molecule has 0 bridgehead atoms. The second-order valence-electron chi connectivity index (χ2n) is 7.91. The number of hydrogen-bond donors (Lipinski definition) is 0. The van der Waals surface area contributed by atoms with E-state index in [1.54, 1.807) is 33.4 Å². The van der Waals surface area contributed by atoms with Crippen LogP contribution in [0, 0.1) is 0 Å². The lowest BCUT2D eigenvalue weighted by atomic mass is 9.95. The Balaban J connectivity index is 1.39. The van der Waals surface area contributed by atoms with Crippen molar-refractivity contribution in [2.24, 2.45) is 7.05 Å². The van der Waals surface area contributed by atoms with Gasteiger partial charge >= 0.3 is 5.69 Å². The fraction of sp³-hybridized carbons (Fsp3) is 0.500. The number of methoxy groups -OCH3 is 2. The topological polar surface area (TPSA) is 78.6 Å². The Labute approximate surface area is 175 Å². The molecule has 1 aliphatic carbocycles. The van der Waals surface area contributed by atoms with E-state index in [-0.39, 0.29) is 17.5 Å². The van der Waals surface area contributed by atoms with Gasteiger partial charge in [-0.1, -0.05) is 6.07 Å². The Morgan fingerprint density at radius 1 is 1.10 bits per heavy atom. The largest absolute Gasteiger partial charge is 0.493 e. The van der Waals surface area contributed by atoms with Gasteiger partial charge in [0.2, 0.25) is 5.91 Å². The molecule has 30 heavy (non-hydrogen) atoms. The fourth-order valence-corrected chi connectivity index (χ4v) is 4.04. The minimum Gasteiger partial charge on any atom is -0.493 e. The Morgan fingerprint density at radius 2 is 1.80 bits per heavy atom. The Hall–Kier alpha value is -3.03. The molecule has 8 heteroatoms. The summed E-state index contributed by atoms with van der Waals surface area (Å²) in [7, 11) is 4.89. The number of aryl methyl sites for hydroxylation is 1. The first kappa shape index (κ1) is 20.3. The van der Waals surface area contributed by atoms with Gasteiger partial charge in [0.15, 0.2) is 11.5 Å². The maximum absolute atomic E-state index is 12.6. The lowest BCUT2D eigenvalue weighted by Gasteiger charge is -2.31. The van der Waals surface area contributed by atoms with E-state index in [2.05, 4.69) is 5.10 Å². The van der Waals surface area contributed by atoms with Gasteiger partial charge in [0, 0.05) is 38.2 Å². The molecule has 1 amide bonds. The highest BCUT2D eigenvalue weighted by molar-refractivity contribution is 5.92. The van der Waals surface area contributed by atoms with E-state index in [4.69, 9.17) is 9.47 Å². The van der Waals surface area contributed by atoms with Crippen molar-refractivity contribution < 1.29 is 14.3 Å². The van der Waals surface area contributed by atoms with Crippen LogP contribution in [-0.4, -0.2) is 52.5 Å². The van der Waals surface area contributed by atoms with Crippen LogP contribution >= 0.6 is 0 Å². The van der Waals surface area contributed by atoms with Crippen molar-refractivity contribution in [2.75, 3.05) is 27.3 Å². The standard InChI is InChI=1S/C22H28N4O4/c1-24-22(28)26(17-6-7-17)21(23-24)16-10-12-25(13-11-16)20(27)9-5-15-4-8-18(29-2)19(14-15)30-3/h4-5,8-9,14,16-17H,6-7,10-13H2,1-3H3/b9-5+. The maximum atomic E-state index is 12.6. The monoisotopic (exact) mass is 412 g/mol. The molecule has 0 radical (unpaired) electrons. The number of carbonyl (C=O) groups excluding carboxylic acids is 1. The number of ether oxygens (including phenoxy) is 2. The van der Waals surface area contributed by atoms with E-state index in [0.29, 0.717) is 30.6 Å². The van der Waals surface area contributed by atoms with Crippen molar-refractivity contribution in [1.29, 1.82) is 0 Å². The molecule has 0 N–H and O–H groups in total. The molecular weight excluding hydrogens is 384 g/mol. The van der Waals surface area contributed by atoms with E-state index in [1.165, 1.54) is 4.68 Å². The number of carbonyl (C=O) groups is 1. The molecule has 160 valence electrons. The van der Waals surface area contributed by atoms with Crippen LogP contribution in [0.1, 0.15) is 49.0 Å². The molecule has 2 aliphatic rings. The summed E-state index contributed by atoms with van der Waals surface area (Å²) >= 11 is 0. The van der Waals surface area contributed by atoms with Crippen LogP contribution in [0.3, 0.4) is 0 Å². The minimum atomic E-state index is -0.0242. The molecular formula is C22H28N4O4. The Kier molecular flexibility index (Phi) is 5.65. The average molecular weight is 412 g/mol. The molecule has 0 atom stereocenters. The first-order chi connectivity index (χ1) is 14.5. The average Bonchev–Trinajstić information content (AvgIpc) is 3.57. The highest BCUT2D eigenvalue weighted by Crippen LogP contribution is 2.37. The second kappa shape index (κ2) is 8.38. The highest BCUT2D eigenvalue weighted by atomic mass is 16.5. The number of rotatable bonds is 6. The summed E-state index contributed by atoms with van der Waals surface area (Å²) < 4.78 is 13.9. The molecule has 1 saturated heterocycles. The molecule has 1 aromatic heterocycles. The summed E-state index contributed by atoms with van der Waals surface area (Å²) in [6, 6.07) is 5.86. The van der Waals surface area contributed by atoms with Crippen LogP contribution < -0.4 is 15.2 Å². The zero-order valence-electron chi connectivity index (χ0n) is 17.7. The summed E-state index contributed by atoms with van der Waals surface area (Å²) in [6.07, 6.45) is 7.13. The highest BCUT2D eigenvalue weighted by Gasteiger charge is 2.34. The van der Waals surface area contributed by atoms with Crippen LogP contribution in [-0.2, 0) is 11.8 Å². The molecule has 8 nitrogen and oxygen atoms in total. The van der Waals surface area contributed by atoms with Crippen molar-refractivity contribution in [3.05, 3.63) is 46.1 Å². The smallest absolute Gasteiger partial charge is 0.345 e. The molecule has 2 fully saturated rings. The quantitative estimate of drug-likeness (QED) is 0.681. The lowest BCUT2D eigenvalue weighted by molar-refractivity contribution is -0.127. The van der Waals surface area contributed by atoms with Gasteiger partial charge in [0.05, 0.1) is 14.2 Å². The number of benzene rings is 1. The first-order valence-electron chi connectivity index (χ1n) is 10.4. The molecule has 0 spiro atoms. The SMILES string of the molecule is COc1ccc(/C=C/C(=O)N2CCC(c3nn(C)c(=O)n3C3CC3)CC2)cc1OC. The van der Waals surface area contributed by atoms with Crippen molar-refractivity contribution in [1.82, 2.24) is 19.2 Å². The third-order valence-corrected chi connectivity index (χ3v) is 5.89. The molecule has 2 aromatic rings. The Morgan fingerprint density at radius 3 is 2.43 bits per heavy atom. The molecule has 1 aliphatic heterocycles. The Bertz CT molecular complexity index is 1010. The van der Waals surface area contributed by atoms with Gasteiger partial charge in [0.1, 0.15) is 5.82 Å². The normalized spacial score (nSPS) is 17.5. The van der Waals surface area contributed by atoms with E-state index < -0.39 is 0 Å². The number of amides is 1. The summed E-state index contributed by atoms with van der Waals surface area (Å²) in [5.41, 5.74) is 0.849. The summed E-state index contributed by atoms with van der Waals surface area (Å²) in [5, 5.41) is 4.50.